The molecular formula is C18H18N4O3S. The highest BCUT2D eigenvalue weighted by Crippen LogP contribution is 2.21. The molecule has 7 nitrogen and oxygen atoms in total. The van der Waals surface area contributed by atoms with Gasteiger partial charge in [-0.05, 0) is 50.2 Å². The number of ether oxygens (including phenoxy) is 1. The summed E-state index contributed by atoms with van der Waals surface area (Å²) < 4.78 is 5.12. The number of hydrogen-bond acceptors (Lipinski definition) is 5. The third kappa shape index (κ3) is 3.75. The smallest absolute Gasteiger partial charge is 0.287 e. The van der Waals surface area contributed by atoms with Gasteiger partial charge in [0.1, 0.15) is 11.4 Å². The lowest BCUT2D eigenvalue weighted by atomic mass is 10.1. The average Bonchev–Trinajstić information content (AvgIpc) is 3.26. The molecule has 1 aromatic carbocycles. The van der Waals surface area contributed by atoms with Crippen LogP contribution in [0.15, 0.2) is 36.4 Å². The van der Waals surface area contributed by atoms with Crippen molar-refractivity contribution in [3.05, 3.63) is 57.4 Å². The van der Waals surface area contributed by atoms with Crippen LogP contribution in [0.2, 0.25) is 0 Å². The van der Waals surface area contributed by atoms with Gasteiger partial charge in [0.05, 0.1) is 18.4 Å². The van der Waals surface area contributed by atoms with Gasteiger partial charge in [0, 0.05) is 15.3 Å². The van der Waals surface area contributed by atoms with Gasteiger partial charge in [-0.15, -0.1) is 11.3 Å². The molecule has 134 valence electrons. The molecule has 8 heteroatoms. The maximum absolute atomic E-state index is 12.2. The number of thiophene rings is 1. The molecule has 0 aliphatic heterocycles. The molecule has 3 rings (SSSR count). The summed E-state index contributed by atoms with van der Waals surface area (Å²) in [5, 5.41) is 6.80. The number of aromatic nitrogens is 2. The van der Waals surface area contributed by atoms with Crippen molar-refractivity contribution in [1.82, 2.24) is 21.0 Å². The minimum atomic E-state index is -0.477. The van der Waals surface area contributed by atoms with Crippen LogP contribution in [0.25, 0.3) is 11.3 Å². The number of benzene rings is 1. The summed E-state index contributed by atoms with van der Waals surface area (Å²) in [7, 11) is 1.60. The molecule has 0 fully saturated rings. The van der Waals surface area contributed by atoms with E-state index in [0.717, 1.165) is 21.1 Å². The number of aromatic amines is 1. The van der Waals surface area contributed by atoms with Crippen LogP contribution in [0.3, 0.4) is 0 Å². The first-order valence-corrected chi connectivity index (χ1v) is 8.67. The predicted octanol–water partition coefficient (Wildman–Crippen LogP) is 2.84. The van der Waals surface area contributed by atoms with Crippen LogP contribution >= 0.6 is 11.3 Å². The van der Waals surface area contributed by atoms with E-state index < -0.39 is 5.91 Å². The van der Waals surface area contributed by atoms with Crippen molar-refractivity contribution in [1.29, 1.82) is 0 Å². The fraction of sp³-hybridized carbons (Fsp3) is 0.167. The molecule has 0 aliphatic carbocycles. The van der Waals surface area contributed by atoms with E-state index in [2.05, 4.69) is 21.0 Å². The maximum Gasteiger partial charge on any atom is 0.287 e. The van der Waals surface area contributed by atoms with Gasteiger partial charge in [0.2, 0.25) is 0 Å². The Balaban J connectivity index is 1.64. The number of aryl methyl sites for hydroxylation is 2. The van der Waals surface area contributed by atoms with E-state index in [1.165, 1.54) is 11.3 Å². The Bertz CT molecular complexity index is 944. The second kappa shape index (κ2) is 7.40. The molecule has 3 aromatic rings. The summed E-state index contributed by atoms with van der Waals surface area (Å²) in [6.07, 6.45) is 0. The van der Waals surface area contributed by atoms with E-state index in [-0.39, 0.29) is 11.6 Å². The molecule has 0 aliphatic rings. The third-order valence-electron chi connectivity index (χ3n) is 3.78. The number of nitrogens with zero attached hydrogens (tertiary/aromatic N) is 1. The van der Waals surface area contributed by atoms with Gasteiger partial charge in [-0.2, -0.15) is 5.10 Å². The van der Waals surface area contributed by atoms with Crippen LogP contribution in [0.4, 0.5) is 0 Å². The number of hydrazine groups is 1. The highest BCUT2D eigenvalue weighted by molar-refractivity contribution is 7.12. The van der Waals surface area contributed by atoms with Crippen molar-refractivity contribution in [2.24, 2.45) is 0 Å². The van der Waals surface area contributed by atoms with Crippen LogP contribution in [0, 0.1) is 13.8 Å². The van der Waals surface area contributed by atoms with E-state index in [9.17, 15) is 9.59 Å². The zero-order chi connectivity index (χ0) is 18.7. The standard InChI is InChI=1S/C18H18N4O3S/c1-10-8-14(11(2)26-10)17(23)21-22-18(24)16-9-15(19-20-16)12-4-6-13(25-3)7-5-12/h4-9H,1-3H3,(H,19,20)(H,21,23)(H,22,24). The number of rotatable bonds is 4. The molecular weight excluding hydrogens is 352 g/mol. The number of H-pyrrole nitrogens is 1. The maximum atomic E-state index is 12.2. The van der Waals surface area contributed by atoms with E-state index in [0.29, 0.717) is 11.3 Å². The Hall–Kier alpha value is -3.13. The summed E-state index contributed by atoms with van der Waals surface area (Å²) in [6, 6.07) is 10.7. The number of methoxy groups -OCH3 is 1. The molecule has 2 heterocycles. The summed E-state index contributed by atoms with van der Waals surface area (Å²) in [6.45, 7) is 3.79. The van der Waals surface area contributed by atoms with Gasteiger partial charge in [0.25, 0.3) is 11.8 Å². The van der Waals surface area contributed by atoms with Crippen molar-refractivity contribution >= 4 is 23.2 Å². The highest BCUT2D eigenvalue weighted by atomic mass is 32.1. The molecule has 3 N–H and O–H groups in total. The topological polar surface area (TPSA) is 96.1 Å². The minimum Gasteiger partial charge on any atom is -0.497 e. The highest BCUT2D eigenvalue weighted by Gasteiger charge is 2.15. The van der Waals surface area contributed by atoms with Crippen molar-refractivity contribution in [2.45, 2.75) is 13.8 Å². The van der Waals surface area contributed by atoms with Crippen LogP contribution < -0.4 is 15.6 Å². The molecule has 0 saturated heterocycles. The van der Waals surface area contributed by atoms with E-state index in [4.69, 9.17) is 4.74 Å². The normalized spacial score (nSPS) is 10.4. The van der Waals surface area contributed by atoms with Gasteiger partial charge in [-0.25, -0.2) is 0 Å². The van der Waals surface area contributed by atoms with E-state index >= 15 is 0 Å². The SMILES string of the molecule is COc1ccc(-c2cc(C(=O)NNC(=O)c3cc(C)sc3C)[nH]n2)cc1. The first-order chi connectivity index (χ1) is 12.5. The molecule has 0 atom stereocenters. The average molecular weight is 370 g/mol. The molecule has 0 bridgehead atoms. The Morgan fingerprint density at radius 1 is 1.08 bits per heavy atom. The van der Waals surface area contributed by atoms with Crippen molar-refractivity contribution < 1.29 is 14.3 Å². The molecule has 26 heavy (non-hydrogen) atoms. The van der Waals surface area contributed by atoms with Crippen LogP contribution in [0.5, 0.6) is 5.75 Å². The van der Waals surface area contributed by atoms with Gasteiger partial charge >= 0.3 is 0 Å². The van der Waals surface area contributed by atoms with Crippen LogP contribution in [0.1, 0.15) is 30.6 Å². The fourth-order valence-corrected chi connectivity index (χ4v) is 3.37. The summed E-state index contributed by atoms with van der Waals surface area (Å²) in [5.41, 5.74) is 7.07. The Morgan fingerprint density at radius 2 is 1.77 bits per heavy atom. The second-order valence-electron chi connectivity index (χ2n) is 5.63. The second-order valence-corrected chi connectivity index (χ2v) is 7.09. The summed E-state index contributed by atoms with van der Waals surface area (Å²) in [5.74, 6) is -0.0887. The Morgan fingerprint density at radius 3 is 2.38 bits per heavy atom. The van der Waals surface area contributed by atoms with E-state index in [1.54, 1.807) is 19.2 Å². The largest absolute Gasteiger partial charge is 0.497 e. The molecule has 0 spiro atoms. The first kappa shape index (κ1) is 17.7. The lowest BCUT2D eigenvalue weighted by molar-refractivity contribution is 0.0844. The lowest BCUT2D eigenvalue weighted by Gasteiger charge is -2.05. The van der Waals surface area contributed by atoms with E-state index in [1.807, 2.05) is 38.1 Å². The predicted molar refractivity (Wildman–Crippen MR) is 99.3 cm³/mol. The minimum absolute atomic E-state index is 0.245. The monoisotopic (exact) mass is 370 g/mol. The number of carbonyl (C=O) groups is 2. The van der Waals surface area contributed by atoms with Gasteiger partial charge < -0.3 is 4.74 Å². The van der Waals surface area contributed by atoms with Gasteiger partial charge in [-0.1, -0.05) is 0 Å². The summed E-state index contributed by atoms with van der Waals surface area (Å²) in [4.78, 5) is 26.3. The third-order valence-corrected chi connectivity index (χ3v) is 4.75. The Labute approximate surface area is 154 Å². The number of nitrogens with one attached hydrogen (secondary N) is 3. The molecule has 2 amide bonds. The van der Waals surface area contributed by atoms with Gasteiger partial charge in [0.15, 0.2) is 0 Å². The van der Waals surface area contributed by atoms with Crippen molar-refractivity contribution in [3.63, 3.8) is 0 Å². The zero-order valence-corrected chi connectivity index (χ0v) is 15.4. The molecule has 2 aromatic heterocycles. The lowest BCUT2D eigenvalue weighted by Crippen LogP contribution is -2.41. The molecule has 0 saturated carbocycles. The summed E-state index contributed by atoms with van der Waals surface area (Å²) >= 11 is 1.53. The number of hydrogen-bond donors (Lipinski definition) is 3. The quantitative estimate of drug-likeness (QED) is 0.615. The molecule has 0 unspecified atom stereocenters. The van der Waals surface area contributed by atoms with Crippen LogP contribution in [-0.4, -0.2) is 29.1 Å². The van der Waals surface area contributed by atoms with Gasteiger partial charge in [-0.3, -0.25) is 25.5 Å². The first-order valence-electron chi connectivity index (χ1n) is 7.85. The number of amides is 2. The van der Waals surface area contributed by atoms with Crippen molar-refractivity contribution in [3.8, 4) is 17.0 Å². The van der Waals surface area contributed by atoms with Crippen molar-refractivity contribution in [2.75, 3.05) is 7.11 Å². The fourth-order valence-electron chi connectivity index (χ4n) is 2.45. The van der Waals surface area contributed by atoms with Crippen LogP contribution in [-0.2, 0) is 0 Å². The molecule has 0 radical (unpaired) electrons. The Kier molecular flexibility index (Phi) is 5.04. The number of carbonyl (C=O) groups excluding carboxylic acids is 2. The zero-order valence-electron chi connectivity index (χ0n) is 14.5.